The number of aliphatic imine (C=N–C) groups is 1. The average molecular weight is 339 g/mol. The summed E-state index contributed by atoms with van der Waals surface area (Å²) in [7, 11) is 0. The van der Waals surface area contributed by atoms with Crippen LogP contribution >= 0.6 is 0 Å². The van der Waals surface area contributed by atoms with Crippen LogP contribution in [0.2, 0.25) is 0 Å². The molecule has 4 rings (SSSR count). The smallest absolute Gasteiger partial charge is 0.229 e. The van der Waals surface area contributed by atoms with E-state index in [2.05, 4.69) is 9.98 Å². The predicted octanol–water partition coefficient (Wildman–Crippen LogP) is 4.24. The molecular formula is C19H15F2N3O. The first-order valence-electron chi connectivity index (χ1n) is 7.92. The van der Waals surface area contributed by atoms with Gasteiger partial charge in [0.05, 0.1) is 5.69 Å². The van der Waals surface area contributed by atoms with Gasteiger partial charge in [-0.1, -0.05) is 24.3 Å². The molecular weight excluding hydrogens is 324 g/mol. The highest BCUT2D eigenvalue weighted by molar-refractivity contribution is 5.71. The fraction of sp³-hybridized carbons (Fsp3) is 0.158. The second kappa shape index (κ2) is 6.47. The van der Waals surface area contributed by atoms with Crippen LogP contribution in [0.15, 0.2) is 59.7 Å². The molecule has 1 aliphatic heterocycles. The van der Waals surface area contributed by atoms with E-state index in [-0.39, 0.29) is 5.92 Å². The number of nitrogens with zero attached hydrogens (tertiary/aromatic N) is 3. The summed E-state index contributed by atoms with van der Waals surface area (Å²) >= 11 is 0. The van der Waals surface area contributed by atoms with Crippen molar-refractivity contribution in [1.82, 2.24) is 9.55 Å². The lowest BCUT2D eigenvalue weighted by molar-refractivity contribution is 0.302. The molecule has 0 bridgehead atoms. The van der Waals surface area contributed by atoms with Crippen molar-refractivity contribution in [2.45, 2.75) is 19.1 Å². The fourth-order valence-electron chi connectivity index (χ4n) is 2.79. The van der Waals surface area contributed by atoms with Crippen molar-refractivity contribution in [3.8, 4) is 5.75 Å². The third kappa shape index (κ3) is 3.28. The van der Waals surface area contributed by atoms with Crippen LogP contribution in [0.25, 0.3) is 0 Å². The molecule has 3 aromatic rings. The molecule has 0 aliphatic carbocycles. The van der Waals surface area contributed by atoms with E-state index in [0.717, 1.165) is 17.5 Å². The third-order valence-electron chi connectivity index (χ3n) is 4.07. The summed E-state index contributed by atoms with van der Waals surface area (Å²) < 4.78 is 34.1. The number of fused-ring (bicyclic) bond motifs is 1. The molecule has 1 aromatic heterocycles. The van der Waals surface area contributed by atoms with Crippen LogP contribution in [-0.4, -0.2) is 15.8 Å². The number of hydrogen-bond acceptors (Lipinski definition) is 3. The fourth-order valence-corrected chi connectivity index (χ4v) is 2.79. The highest BCUT2D eigenvalue weighted by Gasteiger charge is 2.19. The second-order valence-corrected chi connectivity index (χ2v) is 5.84. The van der Waals surface area contributed by atoms with E-state index in [1.54, 1.807) is 12.3 Å². The molecule has 6 heteroatoms. The summed E-state index contributed by atoms with van der Waals surface area (Å²) in [5.74, 6) is -0.457. The minimum atomic E-state index is -0.848. The van der Waals surface area contributed by atoms with Crippen molar-refractivity contribution >= 4 is 12.2 Å². The molecule has 1 unspecified atom stereocenters. The molecule has 0 fully saturated rings. The Labute approximate surface area is 143 Å². The first-order valence-corrected chi connectivity index (χ1v) is 7.92. The Bertz CT molecular complexity index is 922. The van der Waals surface area contributed by atoms with Gasteiger partial charge in [-0.2, -0.15) is 0 Å². The number of rotatable bonds is 4. The van der Waals surface area contributed by atoms with Crippen molar-refractivity contribution < 1.29 is 13.5 Å². The minimum absolute atomic E-state index is 0.125. The van der Waals surface area contributed by atoms with Gasteiger partial charge in [0.25, 0.3) is 0 Å². The van der Waals surface area contributed by atoms with E-state index in [4.69, 9.17) is 4.74 Å². The maximum Gasteiger partial charge on any atom is 0.229 e. The lowest BCUT2D eigenvalue weighted by Crippen LogP contribution is -2.14. The predicted molar refractivity (Wildman–Crippen MR) is 90.3 cm³/mol. The lowest BCUT2D eigenvalue weighted by atomic mass is 9.99. The van der Waals surface area contributed by atoms with Crippen molar-refractivity contribution in [1.29, 1.82) is 0 Å². The first kappa shape index (κ1) is 15.5. The van der Waals surface area contributed by atoms with Crippen LogP contribution < -0.4 is 4.74 Å². The molecule has 1 atom stereocenters. The van der Waals surface area contributed by atoms with Gasteiger partial charge in [-0.05, 0) is 29.8 Å². The van der Waals surface area contributed by atoms with Crippen LogP contribution in [0, 0.1) is 11.6 Å². The summed E-state index contributed by atoms with van der Waals surface area (Å²) in [6.45, 7) is 0.914. The largest absolute Gasteiger partial charge is 0.487 e. The summed E-state index contributed by atoms with van der Waals surface area (Å²) in [4.78, 5) is 8.77. The Morgan fingerprint density at radius 1 is 1.08 bits per heavy atom. The van der Waals surface area contributed by atoms with Crippen LogP contribution in [-0.2, 0) is 13.2 Å². The van der Waals surface area contributed by atoms with Crippen LogP contribution in [0.4, 0.5) is 14.7 Å². The number of ether oxygens (including phenoxy) is 1. The number of para-hydroxylation sites is 1. The molecule has 4 nitrogen and oxygen atoms in total. The van der Waals surface area contributed by atoms with Gasteiger partial charge in [0, 0.05) is 24.9 Å². The van der Waals surface area contributed by atoms with E-state index in [0.29, 0.717) is 24.7 Å². The van der Waals surface area contributed by atoms with Crippen LogP contribution in [0.3, 0.4) is 0 Å². The number of hydrogen-bond donors (Lipinski definition) is 0. The zero-order valence-corrected chi connectivity index (χ0v) is 13.3. The van der Waals surface area contributed by atoms with Crippen LogP contribution in [0.1, 0.15) is 17.2 Å². The van der Waals surface area contributed by atoms with E-state index in [1.807, 2.05) is 41.1 Å². The Morgan fingerprint density at radius 2 is 1.92 bits per heavy atom. The molecule has 0 N–H and O–H groups in total. The highest BCUT2D eigenvalue weighted by atomic mass is 19.2. The first-order chi connectivity index (χ1) is 12.2. The Kier molecular flexibility index (Phi) is 4.01. The van der Waals surface area contributed by atoms with Gasteiger partial charge in [0.15, 0.2) is 11.6 Å². The normalized spacial score (nSPS) is 15.8. The molecule has 0 saturated carbocycles. The Morgan fingerprint density at radius 3 is 2.72 bits per heavy atom. The number of benzene rings is 2. The SMILES string of the molecule is Fc1ccc(C2C=Nc3nc(COc4ccccc4)cn3C2)cc1F. The standard InChI is InChI=1S/C19H15F2N3O/c20-17-7-6-13(8-18(17)21)14-9-22-19-23-15(11-24(19)10-14)12-25-16-4-2-1-3-5-16/h1-9,11,14H,10,12H2. The zero-order chi connectivity index (χ0) is 17.2. The quantitative estimate of drug-likeness (QED) is 0.713. The summed E-state index contributed by atoms with van der Waals surface area (Å²) in [5.41, 5.74) is 1.45. The van der Waals surface area contributed by atoms with Gasteiger partial charge in [-0.15, -0.1) is 0 Å². The monoisotopic (exact) mass is 339 g/mol. The Hall–Kier alpha value is -3.02. The van der Waals surface area contributed by atoms with E-state index >= 15 is 0 Å². The maximum absolute atomic E-state index is 13.4. The van der Waals surface area contributed by atoms with Crippen LogP contribution in [0.5, 0.6) is 5.75 Å². The van der Waals surface area contributed by atoms with Crippen molar-refractivity contribution in [2.75, 3.05) is 0 Å². The zero-order valence-electron chi connectivity index (χ0n) is 13.3. The minimum Gasteiger partial charge on any atom is -0.487 e. The second-order valence-electron chi connectivity index (χ2n) is 5.84. The third-order valence-corrected chi connectivity index (χ3v) is 4.07. The molecule has 126 valence electrons. The maximum atomic E-state index is 13.4. The number of aromatic nitrogens is 2. The lowest BCUT2D eigenvalue weighted by Gasteiger charge is -2.18. The molecule has 0 saturated heterocycles. The van der Waals surface area contributed by atoms with Crippen molar-refractivity contribution in [3.05, 3.63) is 77.6 Å². The van der Waals surface area contributed by atoms with Crippen molar-refractivity contribution in [2.24, 2.45) is 4.99 Å². The highest BCUT2D eigenvalue weighted by Crippen LogP contribution is 2.26. The van der Waals surface area contributed by atoms with Gasteiger partial charge >= 0.3 is 0 Å². The summed E-state index contributed by atoms with van der Waals surface area (Å²) in [6.07, 6.45) is 3.60. The Balaban J connectivity index is 1.48. The van der Waals surface area contributed by atoms with Crippen molar-refractivity contribution in [3.63, 3.8) is 0 Å². The average Bonchev–Trinajstić information content (AvgIpc) is 3.05. The molecule has 0 radical (unpaired) electrons. The van der Waals surface area contributed by atoms with Gasteiger partial charge in [-0.25, -0.2) is 18.8 Å². The molecule has 2 heterocycles. The van der Waals surface area contributed by atoms with E-state index < -0.39 is 11.6 Å². The van der Waals surface area contributed by atoms with Gasteiger partial charge in [0.2, 0.25) is 5.95 Å². The van der Waals surface area contributed by atoms with Gasteiger partial charge in [-0.3, -0.25) is 0 Å². The molecule has 0 spiro atoms. The molecule has 2 aromatic carbocycles. The molecule has 1 aliphatic rings. The van der Waals surface area contributed by atoms with Gasteiger partial charge in [0.1, 0.15) is 12.4 Å². The number of imidazole rings is 1. The summed E-state index contributed by atoms with van der Waals surface area (Å²) in [6, 6.07) is 13.4. The number of halogens is 2. The summed E-state index contributed by atoms with van der Waals surface area (Å²) in [5, 5.41) is 0. The topological polar surface area (TPSA) is 39.4 Å². The molecule has 25 heavy (non-hydrogen) atoms. The van der Waals surface area contributed by atoms with E-state index in [9.17, 15) is 8.78 Å². The van der Waals surface area contributed by atoms with E-state index in [1.165, 1.54) is 6.07 Å². The molecule has 0 amide bonds. The van der Waals surface area contributed by atoms with Gasteiger partial charge < -0.3 is 9.30 Å².